The van der Waals surface area contributed by atoms with Crippen molar-refractivity contribution in [2.24, 2.45) is 0 Å². The second-order valence-electron chi connectivity index (χ2n) is 5.39. The molecule has 0 aliphatic rings. The van der Waals surface area contributed by atoms with Gasteiger partial charge in [-0.25, -0.2) is 0 Å². The van der Waals surface area contributed by atoms with E-state index < -0.39 is 11.7 Å². The predicted molar refractivity (Wildman–Crippen MR) is 96.4 cm³/mol. The molecular formula is C19H16F2N2OS. The second kappa shape index (κ2) is 8.45. The maximum Gasteiger partial charge on any atom is 0.288 e. The lowest BCUT2D eigenvalue weighted by Gasteiger charge is -2.07. The number of carbonyl (C=O) groups excluding carboxylic acids is 1. The average molecular weight is 358 g/mol. The number of halogens is 2. The van der Waals surface area contributed by atoms with Gasteiger partial charge in [0.25, 0.3) is 11.7 Å². The van der Waals surface area contributed by atoms with Gasteiger partial charge < -0.3 is 5.32 Å². The minimum Gasteiger partial charge on any atom is -0.321 e. The van der Waals surface area contributed by atoms with Gasteiger partial charge in [-0.1, -0.05) is 35.5 Å². The van der Waals surface area contributed by atoms with Crippen molar-refractivity contribution in [3.8, 4) is 6.07 Å². The van der Waals surface area contributed by atoms with E-state index in [4.69, 9.17) is 0 Å². The van der Waals surface area contributed by atoms with E-state index in [2.05, 4.69) is 5.32 Å². The quantitative estimate of drug-likeness (QED) is 0.456. The molecule has 0 aliphatic carbocycles. The molecule has 0 fully saturated rings. The molecule has 2 rings (SSSR count). The summed E-state index contributed by atoms with van der Waals surface area (Å²) in [4.78, 5) is 12.7. The van der Waals surface area contributed by atoms with E-state index in [1.165, 1.54) is 30.3 Å². The van der Waals surface area contributed by atoms with Crippen LogP contribution < -0.4 is 5.32 Å². The Morgan fingerprint density at radius 2 is 1.88 bits per heavy atom. The van der Waals surface area contributed by atoms with Crippen LogP contribution in [0.2, 0.25) is 0 Å². The largest absolute Gasteiger partial charge is 0.321 e. The van der Waals surface area contributed by atoms with Crippen LogP contribution in [0.4, 0.5) is 14.5 Å². The SMILES string of the molecule is Cc1ccc(/C=C(\C#N)C(=O)Nc2ccc(SC(F)F)cc2)c(C)c1. The van der Waals surface area contributed by atoms with E-state index in [0.29, 0.717) is 22.3 Å². The molecule has 1 N–H and O–H groups in total. The van der Waals surface area contributed by atoms with Crippen LogP contribution in [-0.4, -0.2) is 11.7 Å². The zero-order valence-electron chi connectivity index (χ0n) is 13.7. The first-order chi connectivity index (χ1) is 11.9. The standard InChI is InChI=1S/C19H16F2N2OS/c1-12-3-4-14(13(2)9-12)10-15(11-22)18(24)23-16-5-7-17(8-6-16)25-19(20)21/h3-10,19H,1-2H3,(H,23,24)/b15-10+. The number of hydrogen-bond donors (Lipinski definition) is 1. The van der Waals surface area contributed by atoms with Gasteiger partial charge in [0.15, 0.2) is 0 Å². The molecular weight excluding hydrogens is 342 g/mol. The summed E-state index contributed by atoms with van der Waals surface area (Å²) in [5.41, 5.74) is 3.26. The van der Waals surface area contributed by atoms with Crippen LogP contribution >= 0.6 is 11.8 Å². The van der Waals surface area contributed by atoms with Crippen molar-refractivity contribution in [1.29, 1.82) is 5.26 Å². The molecule has 0 heterocycles. The van der Waals surface area contributed by atoms with Gasteiger partial charge in [0.1, 0.15) is 11.6 Å². The van der Waals surface area contributed by atoms with E-state index in [-0.39, 0.29) is 5.57 Å². The minimum atomic E-state index is -2.49. The first-order valence-electron chi connectivity index (χ1n) is 7.44. The monoisotopic (exact) mass is 358 g/mol. The van der Waals surface area contributed by atoms with E-state index in [1.807, 2.05) is 38.1 Å². The van der Waals surface area contributed by atoms with Gasteiger partial charge in [0, 0.05) is 10.6 Å². The highest BCUT2D eigenvalue weighted by Crippen LogP contribution is 2.26. The number of hydrogen-bond acceptors (Lipinski definition) is 3. The van der Waals surface area contributed by atoms with Crippen LogP contribution in [0.25, 0.3) is 6.08 Å². The molecule has 3 nitrogen and oxygen atoms in total. The number of nitrogens with zero attached hydrogens (tertiary/aromatic N) is 1. The summed E-state index contributed by atoms with van der Waals surface area (Å²) in [6, 6.07) is 13.7. The Morgan fingerprint density at radius 3 is 2.44 bits per heavy atom. The van der Waals surface area contributed by atoms with Crippen LogP contribution in [-0.2, 0) is 4.79 Å². The Bertz CT molecular complexity index is 839. The zero-order valence-corrected chi connectivity index (χ0v) is 14.5. The van der Waals surface area contributed by atoms with E-state index >= 15 is 0 Å². The average Bonchev–Trinajstić information content (AvgIpc) is 2.55. The summed E-state index contributed by atoms with van der Waals surface area (Å²) in [6.07, 6.45) is 1.53. The summed E-state index contributed by atoms with van der Waals surface area (Å²) in [5, 5.41) is 11.9. The summed E-state index contributed by atoms with van der Waals surface area (Å²) < 4.78 is 24.6. The fraction of sp³-hybridized carbons (Fsp3) is 0.158. The Labute approximate surface area is 149 Å². The Hall–Kier alpha value is -2.65. The molecule has 25 heavy (non-hydrogen) atoms. The number of rotatable bonds is 5. The fourth-order valence-corrected chi connectivity index (χ4v) is 2.71. The number of benzene rings is 2. The highest BCUT2D eigenvalue weighted by Gasteiger charge is 2.11. The molecule has 6 heteroatoms. The van der Waals surface area contributed by atoms with Crippen molar-refractivity contribution in [1.82, 2.24) is 0 Å². The highest BCUT2D eigenvalue weighted by atomic mass is 32.2. The maximum absolute atomic E-state index is 12.3. The predicted octanol–water partition coefficient (Wildman–Crippen LogP) is 5.16. The van der Waals surface area contributed by atoms with Crippen LogP contribution in [0.15, 0.2) is 52.9 Å². The third-order valence-corrected chi connectivity index (χ3v) is 4.15. The number of alkyl halides is 2. The molecule has 128 valence electrons. The molecule has 2 aromatic carbocycles. The Kier molecular flexibility index (Phi) is 6.31. The lowest BCUT2D eigenvalue weighted by atomic mass is 10.0. The molecule has 0 aliphatic heterocycles. The number of nitriles is 1. The maximum atomic E-state index is 12.3. The smallest absolute Gasteiger partial charge is 0.288 e. The van der Waals surface area contributed by atoms with E-state index in [1.54, 1.807) is 0 Å². The highest BCUT2D eigenvalue weighted by molar-refractivity contribution is 7.99. The van der Waals surface area contributed by atoms with Crippen LogP contribution in [0, 0.1) is 25.2 Å². The lowest BCUT2D eigenvalue weighted by Crippen LogP contribution is -2.13. The Morgan fingerprint density at radius 1 is 1.20 bits per heavy atom. The molecule has 0 aromatic heterocycles. The van der Waals surface area contributed by atoms with Gasteiger partial charge in [0.05, 0.1) is 0 Å². The number of thioether (sulfide) groups is 1. The van der Waals surface area contributed by atoms with E-state index in [0.717, 1.165) is 16.7 Å². The number of anilines is 1. The first-order valence-corrected chi connectivity index (χ1v) is 8.32. The van der Waals surface area contributed by atoms with Crippen LogP contribution in [0.1, 0.15) is 16.7 Å². The number of nitrogens with one attached hydrogen (secondary N) is 1. The van der Waals surface area contributed by atoms with Crippen LogP contribution in [0.3, 0.4) is 0 Å². The third-order valence-electron chi connectivity index (χ3n) is 3.43. The van der Waals surface area contributed by atoms with Crippen molar-refractivity contribution < 1.29 is 13.6 Å². The third kappa shape index (κ3) is 5.44. The molecule has 0 saturated carbocycles. The minimum absolute atomic E-state index is 0.0296. The van der Waals surface area contributed by atoms with Crippen molar-refractivity contribution >= 4 is 29.4 Å². The summed E-state index contributed by atoms with van der Waals surface area (Å²) in [7, 11) is 0. The van der Waals surface area contributed by atoms with Gasteiger partial charge in [-0.2, -0.15) is 14.0 Å². The number of aryl methyl sites for hydroxylation is 2. The van der Waals surface area contributed by atoms with E-state index in [9.17, 15) is 18.8 Å². The lowest BCUT2D eigenvalue weighted by molar-refractivity contribution is -0.112. The van der Waals surface area contributed by atoms with Gasteiger partial charge in [0.2, 0.25) is 0 Å². The Balaban J connectivity index is 2.14. The second-order valence-corrected chi connectivity index (χ2v) is 6.45. The van der Waals surface area contributed by atoms with Crippen molar-refractivity contribution in [2.75, 3.05) is 5.32 Å². The molecule has 2 aromatic rings. The molecule has 0 saturated heterocycles. The van der Waals surface area contributed by atoms with Crippen molar-refractivity contribution in [3.63, 3.8) is 0 Å². The van der Waals surface area contributed by atoms with Crippen molar-refractivity contribution in [3.05, 3.63) is 64.7 Å². The van der Waals surface area contributed by atoms with Gasteiger partial charge in [-0.3, -0.25) is 4.79 Å². The molecule has 0 bridgehead atoms. The van der Waals surface area contributed by atoms with Gasteiger partial charge in [-0.15, -0.1) is 0 Å². The molecule has 1 amide bonds. The van der Waals surface area contributed by atoms with Crippen molar-refractivity contribution in [2.45, 2.75) is 24.5 Å². The summed E-state index contributed by atoms with van der Waals surface area (Å²) in [5.74, 6) is -3.04. The van der Waals surface area contributed by atoms with Gasteiger partial charge >= 0.3 is 0 Å². The molecule has 0 spiro atoms. The number of carbonyl (C=O) groups is 1. The summed E-state index contributed by atoms with van der Waals surface area (Å²) in [6.45, 7) is 3.87. The summed E-state index contributed by atoms with van der Waals surface area (Å²) >= 11 is 0.432. The topological polar surface area (TPSA) is 52.9 Å². The first kappa shape index (κ1) is 18.7. The normalized spacial score (nSPS) is 11.3. The number of amides is 1. The fourth-order valence-electron chi connectivity index (χ4n) is 2.21. The van der Waals surface area contributed by atoms with Gasteiger partial charge in [-0.05, 0) is 55.3 Å². The molecule has 0 atom stereocenters. The molecule has 0 radical (unpaired) electrons. The zero-order chi connectivity index (χ0) is 18.4. The van der Waals surface area contributed by atoms with Crippen LogP contribution in [0.5, 0.6) is 0 Å². The molecule has 0 unspecified atom stereocenters.